The van der Waals surface area contributed by atoms with Gasteiger partial charge in [0.25, 0.3) is 0 Å². The molecule has 1 aliphatic rings. The topological polar surface area (TPSA) is 85.1 Å². The van der Waals surface area contributed by atoms with E-state index < -0.39 is 6.04 Å². The molecule has 1 aromatic heterocycles. The highest BCUT2D eigenvalue weighted by molar-refractivity contribution is 7.20. The zero-order valence-electron chi connectivity index (χ0n) is 17.0. The van der Waals surface area contributed by atoms with Crippen LogP contribution in [0.2, 0.25) is 0 Å². The average molecular weight is 422 g/mol. The lowest BCUT2D eigenvalue weighted by molar-refractivity contribution is -0.123. The van der Waals surface area contributed by atoms with Crippen LogP contribution in [0, 0.1) is 0 Å². The maximum Gasteiger partial charge on any atom is 0.228 e. The van der Waals surface area contributed by atoms with E-state index in [4.69, 9.17) is 5.73 Å². The van der Waals surface area contributed by atoms with Crippen molar-refractivity contribution < 1.29 is 9.59 Å². The summed E-state index contributed by atoms with van der Waals surface area (Å²) in [6.07, 6.45) is 4.99. The zero-order valence-corrected chi connectivity index (χ0v) is 17.8. The van der Waals surface area contributed by atoms with Crippen LogP contribution in [0.25, 0.3) is 10.2 Å². The Morgan fingerprint density at radius 2 is 1.93 bits per heavy atom. The molecular weight excluding hydrogens is 394 g/mol. The van der Waals surface area contributed by atoms with Crippen LogP contribution in [0.5, 0.6) is 0 Å². The molecular formula is C24H27N3O2S. The number of nitrogens with one attached hydrogen (secondary N) is 1. The van der Waals surface area contributed by atoms with Crippen LogP contribution in [0.1, 0.15) is 59.0 Å². The van der Waals surface area contributed by atoms with E-state index in [0.29, 0.717) is 18.0 Å². The van der Waals surface area contributed by atoms with Gasteiger partial charge in [0, 0.05) is 0 Å². The molecule has 5 nitrogen and oxygen atoms in total. The third kappa shape index (κ3) is 4.45. The van der Waals surface area contributed by atoms with Crippen LogP contribution >= 0.6 is 11.3 Å². The highest BCUT2D eigenvalue weighted by Crippen LogP contribution is 2.32. The highest BCUT2D eigenvalue weighted by Gasteiger charge is 2.30. The monoisotopic (exact) mass is 421 g/mol. The number of hydrogen-bond donors (Lipinski definition) is 2. The number of aryl methyl sites for hydroxylation is 1. The minimum atomic E-state index is -0.571. The fourth-order valence-corrected chi connectivity index (χ4v) is 5.15. The second-order valence-electron chi connectivity index (χ2n) is 7.84. The number of carbonyl (C=O) groups excluding carboxylic acids is 2. The van der Waals surface area contributed by atoms with Gasteiger partial charge in [0.1, 0.15) is 0 Å². The summed E-state index contributed by atoms with van der Waals surface area (Å²) < 4.78 is 0.981. The number of nitrogens with zero attached hydrogens (tertiary/aromatic N) is 1. The first kappa shape index (κ1) is 20.7. The van der Waals surface area contributed by atoms with Crippen LogP contribution in [0.3, 0.4) is 0 Å². The van der Waals surface area contributed by atoms with E-state index in [1.165, 1.54) is 16.9 Å². The number of carbonyl (C=O) groups is 2. The summed E-state index contributed by atoms with van der Waals surface area (Å²) in [4.78, 5) is 31.0. The number of rotatable bonds is 8. The lowest BCUT2D eigenvalue weighted by atomic mass is 9.82. The molecule has 0 saturated heterocycles. The van der Waals surface area contributed by atoms with Crippen molar-refractivity contribution in [1.82, 2.24) is 10.3 Å². The maximum atomic E-state index is 13.3. The first-order valence-corrected chi connectivity index (χ1v) is 11.5. The van der Waals surface area contributed by atoms with Gasteiger partial charge >= 0.3 is 0 Å². The molecule has 0 fully saturated rings. The van der Waals surface area contributed by atoms with Gasteiger partial charge in [-0.05, 0) is 68.3 Å². The summed E-state index contributed by atoms with van der Waals surface area (Å²) in [6, 6.07) is 15.3. The molecule has 6 heteroatoms. The lowest BCUT2D eigenvalue weighted by Gasteiger charge is -2.26. The van der Waals surface area contributed by atoms with Gasteiger partial charge in [0.2, 0.25) is 11.7 Å². The number of thiazole rings is 1. The molecule has 0 bridgehead atoms. The SMILES string of the molecule is NCCCC[C@H](NC(=O)C1CCCc2ccccc21)C(=O)c1nc2ccccc2s1. The van der Waals surface area contributed by atoms with E-state index in [1.807, 2.05) is 42.5 Å². The molecule has 4 rings (SSSR count). The predicted octanol–water partition coefficient (Wildman–Crippen LogP) is 4.21. The Kier molecular flexibility index (Phi) is 6.55. The Morgan fingerprint density at radius 3 is 2.77 bits per heavy atom. The van der Waals surface area contributed by atoms with Crippen LogP contribution in [-0.2, 0) is 11.2 Å². The Morgan fingerprint density at radius 1 is 1.13 bits per heavy atom. The zero-order chi connectivity index (χ0) is 20.9. The molecule has 30 heavy (non-hydrogen) atoms. The van der Waals surface area contributed by atoms with Crippen LogP contribution in [0.4, 0.5) is 0 Å². The van der Waals surface area contributed by atoms with Crippen molar-refractivity contribution in [3.8, 4) is 0 Å². The van der Waals surface area contributed by atoms with E-state index in [9.17, 15) is 9.59 Å². The summed E-state index contributed by atoms with van der Waals surface area (Å²) in [5.41, 5.74) is 8.79. The minimum absolute atomic E-state index is 0.0608. The summed E-state index contributed by atoms with van der Waals surface area (Å²) >= 11 is 1.39. The lowest BCUT2D eigenvalue weighted by Crippen LogP contribution is -2.43. The number of para-hydroxylation sites is 1. The fraction of sp³-hybridized carbons (Fsp3) is 0.375. The first-order valence-electron chi connectivity index (χ1n) is 10.7. The number of ketones is 1. The van der Waals surface area contributed by atoms with Gasteiger partial charge in [-0.3, -0.25) is 9.59 Å². The van der Waals surface area contributed by atoms with Gasteiger partial charge in [-0.25, -0.2) is 4.98 Å². The van der Waals surface area contributed by atoms with Gasteiger partial charge in [0.05, 0.1) is 22.2 Å². The number of nitrogens with two attached hydrogens (primary N) is 1. The first-order chi connectivity index (χ1) is 14.7. The molecule has 156 valence electrons. The normalized spacial score (nSPS) is 16.8. The molecule has 3 aromatic rings. The van der Waals surface area contributed by atoms with Crippen LogP contribution < -0.4 is 11.1 Å². The second kappa shape index (κ2) is 9.49. The van der Waals surface area contributed by atoms with Crippen LogP contribution in [-0.4, -0.2) is 29.3 Å². The Hall–Kier alpha value is -2.57. The molecule has 0 saturated carbocycles. The maximum absolute atomic E-state index is 13.3. The van der Waals surface area contributed by atoms with Gasteiger partial charge in [0.15, 0.2) is 5.01 Å². The second-order valence-corrected chi connectivity index (χ2v) is 8.87. The molecule has 2 aromatic carbocycles. The molecule has 1 unspecified atom stereocenters. The summed E-state index contributed by atoms with van der Waals surface area (Å²) in [5, 5.41) is 3.52. The van der Waals surface area contributed by atoms with Crippen LogP contribution in [0.15, 0.2) is 48.5 Å². The Balaban J connectivity index is 1.55. The minimum Gasteiger partial charge on any atom is -0.345 e. The number of fused-ring (bicyclic) bond motifs is 2. The van der Waals surface area contributed by atoms with E-state index in [2.05, 4.69) is 16.4 Å². The van der Waals surface area contributed by atoms with Gasteiger partial charge < -0.3 is 11.1 Å². The van der Waals surface area contributed by atoms with Crippen molar-refractivity contribution in [2.24, 2.45) is 5.73 Å². The Bertz CT molecular complexity index is 1010. The van der Waals surface area contributed by atoms with Gasteiger partial charge in [-0.1, -0.05) is 36.4 Å². The molecule has 0 spiro atoms. The third-order valence-electron chi connectivity index (χ3n) is 5.77. The van der Waals surface area contributed by atoms with Crippen molar-refractivity contribution in [2.45, 2.75) is 50.5 Å². The number of benzene rings is 2. The van der Waals surface area contributed by atoms with E-state index in [-0.39, 0.29) is 17.6 Å². The van der Waals surface area contributed by atoms with Crippen molar-refractivity contribution in [2.75, 3.05) is 6.54 Å². The summed E-state index contributed by atoms with van der Waals surface area (Å²) in [6.45, 7) is 0.575. The molecule has 0 aliphatic heterocycles. The number of hydrogen-bond acceptors (Lipinski definition) is 5. The third-order valence-corrected chi connectivity index (χ3v) is 6.82. The molecule has 1 amide bonds. The summed E-state index contributed by atoms with van der Waals surface area (Å²) in [7, 11) is 0. The molecule has 1 aliphatic carbocycles. The molecule has 0 radical (unpaired) electrons. The van der Waals surface area contributed by atoms with Crippen molar-refractivity contribution in [1.29, 1.82) is 0 Å². The van der Waals surface area contributed by atoms with Gasteiger partial charge in [-0.2, -0.15) is 0 Å². The number of amides is 1. The van der Waals surface area contributed by atoms with Crippen molar-refractivity contribution in [3.05, 3.63) is 64.7 Å². The largest absolute Gasteiger partial charge is 0.345 e. The summed E-state index contributed by atoms with van der Waals surface area (Å²) in [5.74, 6) is -0.366. The van der Waals surface area contributed by atoms with Gasteiger partial charge in [-0.15, -0.1) is 11.3 Å². The molecule has 3 N–H and O–H groups in total. The fourth-order valence-electron chi connectivity index (χ4n) is 4.19. The van der Waals surface area contributed by atoms with E-state index >= 15 is 0 Å². The smallest absolute Gasteiger partial charge is 0.228 e. The molecule has 2 atom stereocenters. The van der Waals surface area contributed by atoms with Crippen molar-refractivity contribution in [3.63, 3.8) is 0 Å². The number of Topliss-reactive ketones (excluding diaryl/α,β-unsaturated/α-hetero) is 1. The highest BCUT2D eigenvalue weighted by atomic mass is 32.1. The quantitative estimate of drug-likeness (QED) is 0.421. The number of aromatic nitrogens is 1. The molecule has 1 heterocycles. The number of unbranched alkanes of at least 4 members (excludes halogenated alkanes) is 1. The standard InChI is InChI=1S/C24H27N3O2S/c25-15-6-5-13-20(22(28)24-27-19-12-3-4-14-21(19)30-24)26-23(29)18-11-7-9-16-8-1-2-10-17(16)18/h1-4,8,10,12,14,18,20H,5-7,9,11,13,15,25H2,(H,26,29)/t18?,20-/m0/s1. The van der Waals surface area contributed by atoms with Crippen molar-refractivity contribution >= 4 is 33.2 Å². The van der Waals surface area contributed by atoms with E-state index in [1.54, 1.807) is 0 Å². The Labute approximate surface area is 180 Å². The predicted molar refractivity (Wildman–Crippen MR) is 121 cm³/mol. The average Bonchev–Trinajstić information content (AvgIpc) is 3.22. The van der Waals surface area contributed by atoms with E-state index in [0.717, 1.165) is 47.9 Å².